The highest BCUT2D eigenvalue weighted by Gasteiger charge is 2.50. The predicted octanol–water partition coefficient (Wildman–Crippen LogP) is 2.58. The minimum Gasteiger partial charge on any atom is -0.379 e. The Labute approximate surface area is 308 Å². The molecular formula is C40H57N5O7. The molecule has 3 unspecified atom stereocenters. The van der Waals surface area contributed by atoms with Gasteiger partial charge in [0.2, 0.25) is 23.6 Å². The molecule has 2 aliphatic heterocycles. The first-order valence-corrected chi connectivity index (χ1v) is 18.6. The summed E-state index contributed by atoms with van der Waals surface area (Å²) in [7, 11) is 0. The normalized spacial score (nSPS) is 19.6. The zero-order valence-electron chi connectivity index (χ0n) is 31.3. The van der Waals surface area contributed by atoms with Crippen LogP contribution in [0.4, 0.5) is 0 Å². The molecule has 4 N–H and O–H groups in total. The van der Waals surface area contributed by atoms with Crippen LogP contribution in [0.3, 0.4) is 0 Å². The minimum atomic E-state index is -1.03. The zero-order chi connectivity index (χ0) is 37.7. The van der Waals surface area contributed by atoms with Crippen molar-refractivity contribution in [1.29, 1.82) is 0 Å². The highest BCUT2D eigenvalue weighted by Crippen LogP contribution is 2.29. The van der Waals surface area contributed by atoms with Gasteiger partial charge in [-0.25, -0.2) is 0 Å². The Kier molecular flexibility index (Phi) is 15.3. The molecule has 5 atom stereocenters. The summed E-state index contributed by atoms with van der Waals surface area (Å²) in [6.45, 7) is 12.3. The molecule has 2 heterocycles. The first kappa shape index (κ1) is 40.6. The minimum absolute atomic E-state index is 0.0171. The third-order valence-corrected chi connectivity index (χ3v) is 9.38. The van der Waals surface area contributed by atoms with Gasteiger partial charge in [-0.15, -0.1) is 0 Å². The third kappa shape index (κ3) is 13.1. The molecule has 12 heteroatoms. The van der Waals surface area contributed by atoms with Gasteiger partial charge in [0, 0.05) is 19.5 Å². The molecule has 52 heavy (non-hydrogen) atoms. The molecule has 2 aliphatic rings. The number of ether oxygens (including phenoxy) is 2. The largest absolute Gasteiger partial charge is 0.379 e. The molecule has 2 aromatic carbocycles. The average molecular weight is 720 g/mol. The number of morpholine rings is 1. The van der Waals surface area contributed by atoms with E-state index in [9.17, 15) is 24.0 Å². The van der Waals surface area contributed by atoms with Crippen molar-refractivity contribution in [2.75, 3.05) is 39.5 Å². The van der Waals surface area contributed by atoms with Crippen LogP contribution < -0.4 is 21.3 Å². The van der Waals surface area contributed by atoms with E-state index in [0.29, 0.717) is 58.6 Å². The fourth-order valence-corrected chi connectivity index (χ4v) is 6.33. The van der Waals surface area contributed by atoms with Crippen LogP contribution in [0.2, 0.25) is 0 Å². The Bertz CT molecular complexity index is 1480. The van der Waals surface area contributed by atoms with Crippen LogP contribution in [0.25, 0.3) is 0 Å². The molecule has 0 aliphatic carbocycles. The van der Waals surface area contributed by atoms with Crippen LogP contribution in [0.5, 0.6) is 0 Å². The fourth-order valence-electron chi connectivity index (χ4n) is 6.33. The summed E-state index contributed by atoms with van der Waals surface area (Å²) in [6, 6.07) is 15.3. The molecule has 2 saturated heterocycles. The number of hydrogen-bond acceptors (Lipinski definition) is 8. The second-order valence-corrected chi connectivity index (χ2v) is 15.0. The molecule has 2 fully saturated rings. The molecular weight excluding hydrogens is 662 g/mol. The van der Waals surface area contributed by atoms with Crippen molar-refractivity contribution in [1.82, 2.24) is 26.2 Å². The van der Waals surface area contributed by atoms with Gasteiger partial charge in [0.25, 0.3) is 0 Å². The Morgan fingerprint density at radius 3 is 1.77 bits per heavy atom. The van der Waals surface area contributed by atoms with E-state index < -0.39 is 47.5 Å². The molecule has 0 radical (unpaired) electrons. The van der Waals surface area contributed by atoms with E-state index >= 15 is 0 Å². The van der Waals surface area contributed by atoms with E-state index in [-0.39, 0.29) is 36.5 Å². The SMILES string of the molecule is CC(C)CC(NC(=O)[C@H](CCc1ccccc1)NC(=O)CN1CCOCC1)C(=O)N[C@@H](Cc1ccccc1)C(=O)NC(CC(C)C)C(=O)C1(C)CO1. The number of carbonyl (C=O) groups is 5. The van der Waals surface area contributed by atoms with Gasteiger partial charge in [-0.2, -0.15) is 0 Å². The lowest BCUT2D eigenvalue weighted by atomic mass is 9.93. The quantitative estimate of drug-likeness (QED) is 0.152. The maximum atomic E-state index is 14.1. The number of aryl methyl sites for hydroxylation is 1. The lowest BCUT2D eigenvalue weighted by molar-refractivity contribution is -0.135. The second-order valence-electron chi connectivity index (χ2n) is 15.0. The maximum absolute atomic E-state index is 14.1. The summed E-state index contributed by atoms with van der Waals surface area (Å²) >= 11 is 0. The van der Waals surface area contributed by atoms with Crippen LogP contribution in [0.15, 0.2) is 60.7 Å². The van der Waals surface area contributed by atoms with Crippen LogP contribution in [-0.2, 0) is 46.3 Å². The number of benzene rings is 2. The molecule has 0 saturated carbocycles. The van der Waals surface area contributed by atoms with Crippen molar-refractivity contribution in [3.63, 3.8) is 0 Å². The van der Waals surface area contributed by atoms with E-state index in [2.05, 4.69) is 21.3 Å². The summed E-state index contributed by atoms with van der Waals surface area (Å²) in [6.07, 6.45) is 1.76. The van der Waals surface area contributed by atoms with E-state index in [1.165, 1.54) is 0 Å². The highest BCUT2D eigenvalue weighted by atomic mass is 16.6. The lowest BCUT2D eigenvalue weighted by Crippen LogP contribution is -2.59. The van der Waals surface area contributed by atoms with Gasteiger partial charge in [-0.3, -0.25) is 28.9 Å². The zero-order valence-corrected chi connectivity index (χ0v) is 31.3. The number of amides is 4. The molecule has 4 amide bonds. The van der Waals surface area contributed by atoms with Gasteiger partial charge in [0.05, 0.1) is 32.4 Å². The van der Waals surface area contributed by atoms with Crippen molar-refractivity contribution in [3.8, 4) is 0 Å². The van der Waals surface area contributed by atoms with E-state index in [0.717, 1.165) is 11.1 Å². The fraction of sp³-hybridized carbons (Fsp3) is 0.575. The van der Waals surface area contributed by atoms with Crippen LogP contribution >= 0.6 is 0 Å². The molecule has 0 bridgehead atoms. The summed E-state index contributed by atoms with van der Waals surface area (Å²) in [5.74, 6) is -1.83. The van der Waals surface area contributed by atoms with Crippen LogP contribution in [0, 0.1) is 11.8 Å². The Morgan fingerprint density at radius 2 is 1.19 bits per heavy atom. The summed E-state index contributed by atoms with van der Waals surface area (Å²) in [5, 5.41) is 11.7. The van der Waals surface area contributed by atoms with Gasteiger partial charge in [0.1, 0.15) is 23.7 Å². The Hall–Kier alpha value is -4.13. The Morgan fingerprint density at radius 1 is 0.692 bits per heavy atom. The molecule has 4 rings (SSSR count). The number of carbonyl (C=O) groups excluding carboxylic acids is 5. The monoisotopic (exact) mass is 719 g/mol. The number of nitrogens with zero attached hydrogens (tertiary/aromatic N) is 1. The predicted molar refractivity (Wildman–Crippen MR) is 198 cm³/mol. The average Bonchev–Trinajstić information content (AvgIpc) is 3.87. The molecule has 284 valence electrons. The molecule has 12 nitrogen and oxygen atoms in total. The number of rotatable bonds is 20. The van der Waals surface area contributed by atoms with Gasteiger partial charge in [-0.1, -0.05) is 88.4 Å². The topological polar surface area (TPSA) is 158 Å². The molecule has 2 aromatic rings. The van der Waals surface area contributed by atoms with Crippen LogP contribution in [0.1, 0.15) is 65.0 Å². The third-order valence-electron chi connectivity index (χ3n) is 9.38. The smallest absolute Gasteiger partial charge is 0.243 e. The highest BCUT2D eigenvalue weighted by molar-refractivity contribution is 5.98. The number of epoxide rings is 1. The first-order chi connectivity index (χ1) is 24.8. The van der Waals surface area contributed by atoms with E-state index in [1.54, 1.807) is 6.92 Å². The molecule has 0 spiro atoms. The standard InChI is InChI=1S/C40H57N5O7/c1-27(2)22-32(36(47)40(5)26-52-40)42-39(50)34(24-30-14-10-7-11-15-30)44-38(49)33(23-28(3)4)43-37(48)31(17-16-29-12-8-6-9-13-29)41-35(46)25-45-18-20-51-21-19-45/h6-15,27-28,31-34H,16-26H2,1-5H3,(H,41,46)(H,42,50)(H,43,48)(H,44,49)/t31-,32?,33?,34-,40?/m0/s1. The summed E-state index contributed by atoms with van der Waals surface area (Å²) in [5.41, 5.74) is 0.915. The maximum Gasteiger partial charge on any atom is 0.243 e. The van der Waals surface area contributed by atoms with Crippen molar-refractivity contribution in [2.24, 2.45) is 11.8 Å². The van der Waals surface area contributed by atoms with Crippen molar-refractivity contribution in [2.45, 2.75) is 96.5 Å². The first-order valence-electron chi connectivity index (χ1n) is 18.6. The lowest BCUT2D eigenvalue weighted by Gasteiger charge is -2.29. The van der Waals surface area contributed by atoms with Gasteiger partial charge in [0.15, 0.2) is 5.78 Å². The second kappa shape index (κ2) is 19.6. The van der Waals surface area contributed by atoms with Gasteiger partial charge in [-0.05, 0) is 55.6 Å². The summed E-state index contributed by atoms with van der Waals surface area (Å²) < 4.78 is 10.8. The van der Waals surface area contributed by atoms with Crippen molar-refractivity contribution >= 4 is 29.4 Å². The number of hydrogen-bond donors (Lipinski definition) is 4. The number of ketones is 1. The van der Waals surface area contributed by atoms with E-state index in [1.807, 2.05) is 93.3 Å². The summed E-state index contributed by atoms with van der Waals surface area (Å²) in [4.78, 5) is 70.5. The number of Topliss-reactive ketones (excluding diaryl/α,β-unsaturated/α-hetero) is 1. The Balaban J connectivity index is 1.51. The van der Waals surface area contributed by atoms with E-state index in [4.69, 9.17) is 9.47 Å². The van der Waals surface area contributed by atoms with Crippen LogP contribution in [-0.4, -0.2) is 104 Å². The van der Waals surface area contributed by atoms with Gasteiger partial charge < -0.3 is 30.7 Å². The molecule has 0 aromatic heterocycles. The number of nitrogens with one attached hydrogen (secondary N) is 4. The van der Waals surface area contributed by atoms with Crippen molar-refractivity contribution < 1.29 is 33.4 Å². The van der Waals surface area contributed by atoms with Gasteiger partial charge >= 0.3 is 0 Å². The van der Waals surface area contributed by atoms with Crippen molar-refractivity contribution in [3.05, 3.63) is 71.8 Å².